The first kappa shape index (κ1) is 15.0. The molecule has 0 amide bonds. The number of aryl methyl sites for hydroxylation is 1. The van der Waals surface area contributed by atoms with Gasteiger partial charge in [0.15, 0.2) is 0 Å². The summed E-state index contributed by atoms with van der Waals surface area (Å²) in [6, 6.07) is 1.64. The fourth-order valence-corrected chi connectivity index (χ4v) is 5.18. The van der Waals surface area contributed by atoms with E-state index in [1.807, 2.05) is 6.92 Å². The molecule has 1 aliphatic rings. The van der Waals surface area contributed by atoms with Crippen molar-refractivity contribution in [1.29, 1.82) is 0 Å². The van der Waals surface area contributed by atoms with E-state index in [4.69, 9.17) is 5.11 Å². The lowest BCUT2D eigenvalue weighted by molar-refractivity contribution is 0.285. The van der Waals surface area contributed by atoms with Gasteiger partial charge in [0, 0.05) is 11.4 Å². The summed E-state index contributed by atoms with van der Waals surface area (Å²) in [5.41, 5.74) is 0.835. The van der Waals surface area contributed by atoms with E-state index in [0.717, 1.165) is 28.2 Å². The molecule has 2 atom stereocenters. The predicted octanol–water partition coefficient (Wildman–Crippen LogP) is 2.26. The van der Waals surface area contributed by atoms with Gasteiger partial charge in [-0.05, 0) is 36.8 Å². The van der Waals surface area contributed by atoms with E-state index in [1.165, 1.54) is 12.8 Å². The second-order valence-corrected chi connectivity index (χ2v) is 8.48. The fraction of sp³-hybridized carbons (Fsp3) is 0.692. The van der Waals surface area contributed by atoms with Gasteiger partial charge in [-0.1, -0.05) is 19.8 Å². The van der Waals surface area contributed by atoms with Crippen molar-refractivity contribution in [2.24, 2.45) is 11.8 Å². The van der Waals surface area contributed by atoms with Crippen molar-refractivity contribution >= 4 is 21.4 Å². The summed E-state index contributed by atoms with van der Waals surface area (Å²) >= 11 is 1.15. The lowest BCUT2D eigenvalue weighted by Gasteiger charge is -2.15. The van der Waals surface area contributed by atoms with Gasteiger partial charge >= 0.3 is 0 Å². The summed E-state index contributed by atoms with van der Waals surface area (Å²) in [5, 5.41) is 9.13. The zero-order valence-electron chi connectivity index (χ0n) is 11.3. The van der Waals surface area contributed by atoms with Crippen LogP contribution >= 0.6 is 11.3 Å². The minimum Gasteiger partial charge on any atom is -0.391 e. The minimum absolute atomic E-state index is 0.105. The van der Waals surface area contributed by atoms with Crippen LogP contribution in [0.3, 0.4) is 0 Å². The third-order valence-electron chi connectivity index (χ3n) is 3.98. The van der Waals surface area contributed by atoms with Crippen LogP contribution in [-0.4, -0.2) is 20.1 Å². The molecular formula is C13H21NO3S2. The van der Waals surface area contributed by atoms with Crippen molar-refractivity contribution in [1.82, 2.24) is 4.72 Å². The van der Waals surface area contributed by atoms with Gasteiger partial charge in [-0.2, -0.15) is 0 Å². The first-order valence-corrected chi connectivity index (χ1v) is 8.94. The maximum Gasteiger partial charge on any atom is 0.250 e. The van der Waals surface area contributed by atoms with Crippen molar-refractivity contribution in [2.75, 3.05) is 6.54 Å². The number of aliphatic hydroxyl groups is 1. The van der Waals surface area contributed by atoms with Crippen molar-refractivity contribution in [3.8, 4) is 0 Å². The molecule has 0 bridgehead atoms. The van der Waals surface area contributed by atoms with E-state index in [-0.39, 0.29) is 6.61 Å². The van der Waals surface area contributed by atoms with Crippen molar-refractivity contribution in [3.63, 3.8) is 0 Å². The van der Waals surface area contributed by atoms with Gasteiger partial charge in [-0.3, -0.25) is 0 Å². The van der Waals surface area contributed by atoms with Crippen LogP contribution in [0.2, 0.25) is 0 Å². The standard InChI is InChI=1S/C13H21NO3S2/c1-9-4-3-5-11(9)7-14-19(16,17)13-6-10(2)12(8-15)18-13/h6,9,11,14-15H,3-5,7-8H2,1-2H3. The lowest BCUT2D eigenvalue weighted by Crippen LogP contribution is -2.29. The zero-order valence-corrected chi connectivity index (χ0v) is 13.0. The number of thiophene rings is 1. The van der Waals surface area contributed by atoms with Crippen LogP contribution in [0.15, 0.2) is 10.3 Å². The van der Waals surface area contributed by atoms with Crippen molar-refractivity contribution in [2.45, 2.75) is 43.9 Å². The summed E-state index contributed by atoms with van der Waals surface area (Å²) in [5.74, 6) is 1.05. The van der Waals surface area contributed by atoms with Gasteiger partial charge in [-0.25, -0.2) is 13.1 Å². The summed E-state index contributed by atoms with van der Waals surface area (Å²) < 4.78 is 27.4. The topological polar surface area (TPSA) is 66.4 Å². The third kappa shape index (κ3) is 3.37. The Morgan fingerprint density at radius 3 is 2.74 bits per heavy atom. The molecule has 4 nitrogen and oxygen atoms in total. The monoisotopic (exact) mass is 303 g/mol. The Kier molecular flexibility index (Phi) is 4.66. The Morgan fingerprint density at radius 1 is 1.47 bits per heavy atom. The molecule has 6 heteroatoms. The Morgan fingerprint density at radius 2 is 2.21 bits per heavy atom. The second-order valence-electron chi connectivity index (χ2n) is 5.35. The average Bonchev–Trinajstić information content (AvgIpc) is 2.93. The number of hydrogen-bond donors (Lipinski definition) is 2. The van der Waals surface area contributed by atoms with E-state index < -0.39 is 10.0 Å². The van der Waals surface area contributed by atoms with E-state index in [0.29, 0.717) is 22.6 Å². The van der Waals surface area contributed by atoms with E-state index in [2.05, 4.69) is 11.6 Å². The molecule has 0 radical (unpaired) electrons. The smallest absolute Gasteiger partial charge is 0.250 e. The summed E-state index contributed by atoms with van der Waals surface area (Å²) in [4.78, 5) is 0.717. The Labute approximate surface area is 118 Å². The number of hydrogen-bond acceptors (Lipinski definition) is 4. The van der Waals surface area contributed by atoms with Crippen LogP contribution in [0.5, 0.6) is 0 Å². The van der Waals surface area contributed by atoms with Gasteiger partial charge in [-0.15, -0.1) is 11.3 Å². The lowest BCUT2D eigenvalue weighted by atomic mass is 9.99. The molecular weight excluding hydrogens is 282 g/mol. The van der Waals surface area contributed by atoms with Gasteiger partial charge in [0.1, 0.15) is 4.21 Å². The first-order valence-electron chi connectivity index (χ1n) is 6.64. The maximum atomic E-state index is 12.2. The summed E-state index contributed by atoms with van der Waals surface area (Å²) in [6.07, 6.45) is 3.49. The van der Waals surface area contributed by atoms with Gasteiger partial charge in [0.05, 0.1) is 6.61 Å². The zero-order chi connectivity index (χ0) is 14.0. The Balaban J connectivity index is 2.05. The summed E-state index contributed by atoms with van der Waals surface area (Å²) in [6.45, 7) is 4.42. The molecule has 0 saturated heterocycles. The van der Waals surface area contributed by atoms with E-state index >= 15 is 0 Å². The van der Waals surface area contributed by atoms with Crippen LogP contribution in [0.4, 0.5) is 0 Å². The highest BCUT2D eigenvalue weighted by molar-refractivity contribution is 7.91. The Hall–Kier alpha value is -0.430. The second kappa shape index (κ2) is 5.91. The van der Waals surface area contributed by atoms with Crippen molar-refractivity contribution in [3.05, 3.63) is 16.5 Å². The van der Waals surface area contributed by atoms with Crippen LogP contribution in [-0.2, 0) is 16.6 Å². The molecule has 0 aromatic carbocycles. The first-order chi connectivity index (χ1) is 8.94. The van der Waals surface area contributed by atoms with Crippen LogP contribution in [0, 0.1) is 18.8 Å². The normalized spacial score (nSPS) is 23.9. The van der Waals surface area contributed by atoms with Crippen LogP contribution in [0.1, 0.15) is 36.6 Å². The van der Waals surface area contributed by atoms with Crippen LogP contribution < -0.4 is 4.72 Å². The van der Waals surface area contributed by atoms with Gasteiger partial charge in [0.25, 0.3) is 0 Å². The molecule has 19 heavy (non-hydrogen) atoms. The molecule has 2 rings (SSSR count). The SMILES string of the molecule is Cc1cc(S(=O)(=O)NCC2CCCC2C)sc1CO. The molecule has 0 aliphatic heterocycles. The van der Waals surface area contributed by atoms with Gasteiger partial charge in [0.2, 0.25) is 10.0 Å². The number of aliphatic hydroxyl groups excluding tert-OH is 1. The Bertz CT molecular complexity index is 536. The maximum absolute atomic E-state index is 12.2. The molecule has 1 aromatic rings. The quantitative estimate of drug-likeness (QED) is 0.877. The summed E-state index contributed by atoms with van der Waals surface area (Å²) in [7, 11) is -3.43. The molecule has 1 heterocycles. The molecule has 1 aliphatic carbocycles. The molecule has 1 fully saturated rings. The molecule has 1 saturated carbocycles. The van der Waals surface area contributed by atoms with Crippen molar-refractivity contribution < 1.29 is 13.5 Å². The highest BCUT2D eigenvalue weighted by Gasteiger charge is 2.26. The minimum atomic E-state index is -3.43. The molecule has 2 N–H and O–H groups in total. The van der Waals surface area contributed by atoms with E-state index in [9.17, 15) is 8.42 Å². The average molecular weight is 303 g/mol. The largest absolute Gasteiger partial charge is 0.391 e. The molecule has 1 aromatic heterocycles. The van der Waals surface area contributed by atoms with Crippen LogP contribution in [0.25, 0.3) is 0 Å². The molecule has 0 spiro atoms. The number of nitrogens with one attached hydrogen (secondary N) is 1. The number of sulfonamides is 1. The predicted molar refractivity (Wildman–Crippen MR) is 76.7 cm³/mol. The molecule has 108 valence electrons. The number of rotatable bonds is 5. The van der Waals surface area contributed by atoms with E-state index in [1.54, 1.807) is 6.07 Å². The molecule has 2 unspecified atom stereocenters. The highest BCUT2D eigenvalue weighted by Crippen LogP contribution is 2.31. The highest BCUT2D eigenvalue weighted by atomic mass is 32.2. The fourth-order valence-electron chi connectivity index (χ4n) is 2.59. The third-order valence-corrected chi connectivity index (χ3v) is 7.10. The van der Waals surface area contributed by atoms with Gasteiger partial charge < -0.3 is 5.11 Å².